The first kappa shape index (κ1) is 26.5. The normalized spacial score (nSPS) is 18.6. The molecule has 3 aromatic rings. The third-order valence-electron chi connectivity index (χ3n) is 6.58. The molecule has 3 aromatic heterocycles. The van der Waals surface area contributed by atoms with Crippen LogP contribution in [0.1, 0.15) is 68.6 Å². The van der Waals surface area contributed by atoms with Crippen molar-refractivity contribution >= 4 is 23.1 Å². The molecule has 0 spiro atoms. The number of hydrogen-bond donors (Lipinski definition) is 3. The lowest BCUT2D eigenvalue weighted by molar-refractivity contribution is 0.0959. The lowest BCUT2D eigenvalue weighted by Crippen LogP contribution is -2.46. The van der Waals surface area contributed by atoms with Crippen LogP contribution in [0, 0.1) is 11.8 Å². The van der Waals surface area contributed by atoms with E-state index in [-0.39, 0.29) is 30.0 Å². The topological polar surface area (TPSA) is 106 Å². The van der Waals surface area contributed by atoms with Gasteiger partial charge in [0.2, 0.25) is 0 Å². The first-order valence-corrected chi connectivity index (χ1v) is 12.7. The molecule has 0 radical (unpaired) electrons. The SMILES string of the molecule is CC(C)c1c(C#CCNC(=O)c2cnn(C(C)(C)C)c2N)nn2c(N[C@@H]3CCN(C)C[C@@H]3F)cccc12. The number of nitrogen functional groups attached to an aromatic ring is 1. The predicted octanol–water partition coefficient (Wildman–Crippen LogP) is 3.23. The number of likely N-dealkylation sites (tertiary alicyclic amines) is 1. The van der Waals surface area contributed by atoms with Crippen molar-refractivity contribution in [3.63, 3.8) is 0 Å². The molecule has 4 rings (SSSR count). The number of carbonyl (C=O) groups is 1. The van der Waals surface area contributed by atoms with Gasteiger partial charge in [0, 0.05) is 18.7 Å². The maximum absolute atomic E-state index is 14.7. The van der Waals surface area contributed by atoms with Crippen molar-refractivity contribution in [2.45, 2.75) is 64.7 Å². The number of pyridine rings is 1. The number of piperidine rings is 1. The summed E-state index contributed by atoms with van der Waals surface area (Å²) >= 11 is 0. The maximum Gasteiger partial charge on any atom is 0.257 e. The van der Waals surface area contributed by atoms with Gasteiger partial charge >= 0.3 is 0 Å². The van der Waals surface area contributed by atoms with Gasteiger partial charge in [-0.3, -0.25) is 4.79 Å². The number of fused-ring (bicyclic) bond motifs is 1. The zero-order chi connectivity index (χ0) is 26.9. The van der Waals surface area contributed by atoms with Gasteiger partial charge in [-0.2, -0.15) is 10.2 Å². The number of hydrogen-bond acceptors (Lipinski definition) is 6. The average molecular weight is 509 g/mol. The quantitative estimate of drug-likeness (QED) is 0.457. The van der Waals surface area contributed by atoms with Gasteiger partial charge in [0.1, 0.15) is 29.1 Å². The zero-order valence-electron chi connectivity index (χ0n) is 22.5. The van der Waals surface area contributed by atoms with Crippen molar-refractivity contribution in [1.29, 1.82) is 0 Å². The van der Waals surface area contributed by atoms with Crippen molar-refractivity contribution in [1.82, 2.24) is 29.6 Å². The Labute approximate surface area is 217 Å². The minimum Gasteiger partial charge on any atom is -0.383 e. The molecule has 0 aromatic carbocycles. The molecule has 2 atom stereocenters. The molecule has 0 unspecified atom stereocenters. The first-order chi connectivity index (χ1) is 17.5. The summed E-state index contributed by atoms with van der Waals surface area (Å²) in [6.45, 7) is 11.5. The minimum absolute atomic E-state index is 0.134. The highest BCUT2D eigenvalue weighted by Crippen LogP contribution is 2.28. The number of anilines is 2. The molecule has 0 bridgehead atoms. The molecule has 1 fully saturated rings. The summed E-state index contributed by atoms with van der Waals surface area (Å²) in [5.74, 6) is 7.05. The Hall–Kier alpha value is -3.58. The van der Waals surface area contributed by atoms with E-state index in [2.05, 4.69) is 41.4 Å². The highest BCUT2D eigenvalue weighted by atomic mass is 19.1. The number of amides is 1. The molecule has 4 N–H and O–H groups in total. The van der Waals surface area contributed by atoms with Crippen molar-refractivity contribution in [2.24, 2.45) is 0 Å². The Morgan fingerprint density at radius 2 is 2.08 bits per heavy atom. The van der Waals surface area contributed by atoms with Crippen LogP contribution in [0.25, 0.3) is 5.52 Å². The van der Waals surface area contributed by atoms with Gasteiger partial charge in [-0.1, -0.05) is 25.8 Å². The third-order valence-corrected chi connectivity index (χ3v) is 6.58. The number of halogens is 1. The molecule has 198 valence electrons. The van der Waals surface area contributed by atoms with E-state index in [9.17, 15) is 9.18 Å². The maximum atomic E-state index is 14.7. The van der Waals surface area contributed by atoms with Crippen molar-refractivity contribution in [3.8, 4) is 11.8 Å². The van der Waals surface area contributed by atoms with E-state index in [1.54, 1.807) is 4.68 Å². The van der Waals surface area contributed by atoms with E-state index >= 15 is 0 Å². The fourth-order valence-electron chi connectivity index (χ4n) is 4.68. The van der Waals surface area contributed by atoms with E-state index in [0.29, 0.717) is 23.6 Å². The minimum atomic E-state index is -0.957. The Morgan fingerprint density at radius 1 is 1.32 bits per heavy atom. The Kier molecular flexibility index (Phi) is 7.46. The molecule has 1 aliphatic heterocycles. The molecular weight excluding hydrogens is 471 g/mol. The van der Waals surface area contributed by atoms with Crippen LogP contribution in [0.5, 0.6) is 0 Å². The van der Waals surface area contributed by atoms with Gasteiger partial charge in [-0.05, 0) is 58.2 Å². The Morgan fingerprint density at radius 3 is 2.73 bits per heavy atom. The standard InChI is InChI=1S/C27H37FN8O/c1-17(2)24-21(9-8-13-30-26(37)18-15-31-36(25(18)29)27(3,4)5)33-35-22(24)10-7-11-23(35)32-20-12-14-34(6)16-19(20)28/h7,10-11,15,17,19-20,32H,12-14,16,29H2,1-6H3,(H,30,37)/t19-,20+/m0/s1. The summed E-state index contributed by atoms with van der Waals surface area (Å²) in [6.07, 6.45) is 1.24. The summed E-state index contributed by atoms with van der Waals surface area (Å²) in [4.78, 5) is 14.6. The number of nitrogens with zero attached hydrogens (tertiary/aromatic N) is 5. The summed E-state index contributed by atoms with van der Waals surface area (Å²) in [6, 6.07) is 5.59. The molecular formula is C27H37FN8O. The van der Waals surface area contributed by atoms with Gasteiger partial charge < -0.3 is 21.3 Å². The smallest absolute Gasteiger partial charge is 0.257 e. The summed E-state index contributed by atoms with van der Waals surface area (Å²) < 4.78 is 18.1. The molecule has 1 aliphatic rings. The Balaban J connectivity index is 1.53. The van der Waals surface area contributed by atoms with Crippen LogP contribution in [-0.2, 0) is 5.54 Å². The summed E-state index contributed by atoms with van der Waals surface area (Å²) in [5.41, 5.74) is 8.71. The number of nitrogens with one attached hydrogen (secondary N) is 2. The predicted molar refractivity (Wildman–Crippen MR) is 145 cm³/mol. The molecule has 1 amide bonds. The fourth-order valence-corrected chi connectivity index (χ4v) is 4.68. The summed E-state index contributed by atoms with van der Waals surface area (Å²) in [5, 5.41) is 15.2. The second-order valence-corrected chi connectivity index (χ2v) is 11.0. The number of aromatic nitrogens is 4. The van der Waals surface area contributed by atoms with Crippen molar-refractivity contribution < 1.29 is 9.18 Å². The van der Waals surface area contributed by atoms with Crippen LogP contribution in [0.15, 0.2) is 24.4 Å². The van der Waals surface area contributed by atoms with Gasteiger partial charge in [-0.15, -0.1) is 0 Å². The van der Waals surface area contributed by atoms with Crippen LogP contribution in [-0.4, -0.2) is 69.1 Å². The number of nitrogens with two attached hydrogens (primary N) is 1. The molecule has 0 aliphatic carbocycles. The van der Waals surface area contributed by atoms with Gasteiger partial charge in [-0.25, -0.2) is 13.6 Å². The third kappa shape index (κ3) is 5.57. The number of rotatable bonds is 5. The largest absolute Gasteiger partial charge is 0.383 e. The van der Waals surface area contributed by atoms with E-state index in [0.717, 1.165) is 29.9 Å². The number of alkyl halides is 1. The first-order valence-electron chi connectivity index (χ1n) is 12.7. The average Bonchev–Trinajstić information content (AvgIpc) is 3.39. The second kappa shape index (κ2) is 10.4. The van der Waals surface area contributed by atoms with Gasteiger partial charge in [0.25, 0.3) is 5.91 Å². The molecule has 1 saturated heterocycles. The van der Waals surface area contributed by atoms with E-state index in [1.807, 2.05) is 55.4 Å². The van der Waals surface area contributed by atoms with Crippen LogP contribution < -0.4 is 16.4 Å². The van der Waals surface area contributed by atoms with E-state index < -0.39 is 6.17 Å². The van der Waals surface area contributed by atoms with Crippen LogP contribution in [0.2, 0.25) is 0 Å². The van der Waals surface area contributed by atoms with Crippen molar-refractivity contribution in [2.75, 3.05) is 37.7 Å². The Bertz CT molecular complexity index is 1340. The fraction of sp³-hybridized carbons (Fsp3) is 0.519. The van der Waals surface area contributed by atoms with Crippen molar-refractivity contribution in [3.05, 3.63) is 41.2 Å². The van der Waals surface area contributed by atoms with E-state index in [4.69, 9.17) is 10.8 Å². The van der Waals surface area contributed by atoms with Crippen LogP contribution >= 0.6 is 0 Å². The second-order valence-electron chi connectivity index (χ2n) is 11.0. The highest BCUT2D eigenvalue weighted by molar-refractivity contribution is 5.98. The zero-order valence-corrected chi connectivity index (χ0v) is 22.5. The lowest BCUT2D eigenvalue weighted by atomic mass is 10.0. The highest BCUT2D eigenvalue weighted by Gasteiger charge is 2.28. The van der Waals surface area contributed by atoms with Gasteiger partial charge in [0.05, 0.1) is 29.8 Å². The molecule has 4 heterocycles. The van der Waals surface area contributed by atoms with Gasteiger partial charge in [0.15, 0.2) is 0 Å². The van der Waals surface area contributed by atoms with Crippen LogP contribution in [0.4, 0.5) is 16.0 Å². The monoisotopic (exact) mass is 508 g/mol. The van der Waals surface area contributed by atoms with Crippen LogP contribution in [0.3, 0.4) is 0 Å². The summed E-state index contributed by atoms with van der Waals surface area (Å²) in [7, 11) is 1.94. The molecule has 0 saturated carbocycles. The molecule has 10 heteroatoms. The lowest BCUT2D eigenvalue weighted by Gasteiger charge is -2.33. The van der Waals surface area contributed by atoms with E-state index in [1.165, 1.54) is 6.20 Å². The number of carbonyl (C=O) groups excluding carboxylic acids is 1. The molecule has 9 nitrogen and oxygen atoms in total. The molecule has 37 heavy (non-hydrogen) atoms.